The zero-order valence-corrected chi connectivity index (χ0v) is 12.2. The van der Waals surface area contributed by atoms with Crippen molar-refractivity contribution in [2.24, 2.45) is 0 Å². The van der Waals surface area contributed by atoms with Crippen LogP contribution in [-0.2, 0) is 16.6 Å². The smallest absolute Gasteiger partial charge is 0.195 e. The molecule has 0 aromatic carbocycles. The molecule has 1 aliphatic rings. The quantitative estimate of drug-likeness (QED) is 0.735. The topological polar surface area (TPSA) is 47.3 Å². The summed E-state index contributed by atoms with van der Waals surface area (Å²) in [4.78, 5) is 4.43. The highest BCUT2D eigenvalue weighted by molar-refractivity contribution is 5.13. The molecule has 1 aromatic heterocycles. The fourth-order valence-corrected chi connectivity index (χ4v) is 2.99. The highest BCUT2D eigenvalue weighted by Crippen LogP contribution is 2.43. The Morgan fingerprint density at radius 2 is 2.16 bits per heavy atom. The summed E-state index contributed by atoms with van der Waals surface area (Å²) in [7, 11) is 1.72. The van der Waals surface area contributed by atoms with Gasteiger partial charge in [-0.15, -0.1) is 0 Å². The van der Waals surface area contributed by atoms with Gasteiger partial charge >= 0.3 is 0 Å². The van der Waals surface area contributed by atoms with E-state index in [0.717, 1.165) is 44.2 Å². The predicted molar refractivity (Wildman–Crippen MR) is 75.4 cm³/mol. The molecular weight excluding hydrogens is 240 g/mol. The van der Waals surface area contributed by atoms with E-state index in [1.807, 2.05) is 6.20 Å². The second-order valence-electron chi connectivity index (χ2n) is 5.45. The average Bonchev–Trinajstić information content (AvgIpc) is 3.08. The monoisotopic (exact) mass is 266 g/mol. The lowest BCUT2D eigenvalue weighted by Gasteiger charge is -2.23. The van der Waals surface area contributed by atoms with Gasteiger partial charge in [-0.05, 0) is 19.3 Å². The third kappa shape index (κ3) is 3.57. The Labute approximate surface area is 115 Å². The Kier molecular flexibility index (Phi) is 5.40. The highest BCUT2D eigenvalue weighted by Gasteiger charge is 2.37. The zero-order chi connectivity index (χ0) is 13.6. The number of methoxy groups -OCH3 is 1. The summed E-state index contributed by atoms with van der Waals surface area (Å²) in [6, 6.07) is 0. The Hall–Kier alpha value is -0.870. The number of hydrogen-bond donors (Lipinski definition) is 1. The van der Waals surface area contributed by atoms with Gasteiger partial charge < -0.3 is 14.5 Å². The van der Waals surface area contributed by atoms with E-state index in [-0.39, 0.29) is 5.41 Å². The van der Waals surface area contributed by atoms with Crippen molar-refractivity contribution in [3.05, 3.63) is 17.8 Å². The molecule has 0 radical (unpaired) electrons. The fourth-order valence-electron chi connectivity index (χ4n) is 2.99. The third-order valence-corrected chi connectivity index (χ3v) is 4.31. The minimum atomic E-state index is 0.273. The number of hydrogen-bond acceptors (Lipinski definition) is 4. The average molecular weight is 266 g/mol. The van der Waals surface area contributed by atoms with E-state index in [1.54, 1.807) is 7.11 Å². The van der Waals surface area contributed by atoms with Crippen molar-refractivity contribution >= 4 is 0 Å². The molecular formula is C15H26N2O2. The number of nitrogens with zero attached hydrogens (tertiary/aromatic N) is 1. The molecule has 1 fully saturated rings. The van der Waals surface area contributed by atoms with Crippen LogP contribution < -0.4 is 5.32 Å². The van der Waals surface area contributed by atoms with Gasteiger partial charge in [0.2, 0.25) is 0 Å². The van der Waals surface area contributed by atoms with Crippen LogP contribution in [0.15, 0.2) is 10.6 Å². The fraction of sp³-hybridized carbons (Fsp3) is 0.800. The summed E-state index contributed by atoms with van der Waals surface area (Å²) in [6.07, 6.45) is 9.12. The van der Waals surface area contributed by atoms with E-state index in [9.17, 15) is 0 Å². The van der Waals surface area contributed by atoms with Gasteiger partial charge in [-0.2, -0.15) is 0 Å². The van der Waals surface area contributed by atoms with Crippen LogP contribution in [0, 0.1) is 0 Å². The van der Waals surface area contributed by atoms with Crippen LogP contribution in [0.5, 0.6) is 0 Å². The molecule has 1 saturated carbocycles. The van der Waals surface area contributed by atoms with Gasteiger partial charge in [-0.3, -0.25) is 0 Å². The molecule has 2 rings (SSSR count). The summed E-state index contributed by atoms with van der Waals surface area (Å²) < 4.78 is 11.0. The lowest BCUT2D eigenvalue weighted by atomic mass is 9.81. The Balaban J connectivity index is 1.84. The van der Waals surface area contributed by atoms with Crippen molar-refractivity contribution in [3.63, 3.8) is 0 Å². The van der Waals surface area contributed by atoms with Gasteiger partial charge in [-0.1, -0.05) is 19.8 Å². The molecule has 19 heavy (non-hydrogen) atoms. The highest BCUT2D eigenvalue weighted by atomic mass is 16.5. The Bertz CT molecular complexity index is 370. The van der Waals surface area contributed by atoms with E-state index in [4.69, 9.17) is 9.15 Å². The SMILES string of the molecule is CCC1(c2cnc(CCNCCOC)o2)CCCC1. The molecule has 4 nitrogen and oxygen atoms in total. The van der Waals surface area contributed by atoms with Crippen molar-refractivity contribution in [2.75, 3.05) is 26.8 Å². The number of oxazole rings is 1. The first-order valence-electron chi connectivity index (χ1n) is 7.45. The van der Waals surface area contributed by atoms with Crippen LogP contribution in [0.3, 0.4) is 0 Å². The van der Waals surface area contributed by atoms with Gasteiger partial charge in [-0.25, -0.2) is 4.98 Å². The molecule has 0 spiro atoms. The predicted octanol–water partition coefficient (Wildman–Crippen LogP) is 2.67. The number of rotatable bonds is 8. The van der Waals surface area contributed by atoms with Gasteiger partial charge in [0.25, 0.3) is 0 Å². The summed E-state index contributed by atoms with van der Waals surface area (Å²) in [6.45, 7) is 4.78. The molecule has 0 atom stereocenters. The summed E-state index contributed by atoms with van der Waals surface area (Å²) in [5, 5.41) is 3.31. The van der Waals surface area contributed by atoms with E-state index in [2.05, 4.69) is 17.2 Å². The normalized spacial score (nSPS) is 18.0. The van der Waals surface area contributed by atoms with Gasteiger partial charge in [0.15, 0.2) is 5.89 Å². The lowest BCUT2D eigenvalue weighted by Crippen LogP contribution is -2.22. The molecule has 108 valence electrons. The van der Waals surface area contributed by atoms with Crippen molar-refractivity contribution < 1.29 is 9.15 Å². The number of aromatic nitrogens is 1. The molecule has 0 aliphatic heterocycles. The van der Waals surface area contributed by atoms with Crippen molar-refractivity contribution in [1.29, 1.82) is 0 Å². The molecule has 0 unspecified atom stereocenters. The summed E-state index contributed by atoms with van der Waals surface area (Å²) >= 11 is 0. The number of nitrogens with one attached hydrogen (secondary N) is 1. The molecule has 0 saturated heterocycles. The van der Waals surface area contributed by atoms with Crippen molar-refractivity contribution in [2.45, 2.75) is 50.9 Å². The first-order valence-corrected chi connectivity index (χ1v) is 7.45. The maximum atomic E-state index is 5.99. The van der Waals surface area contributed by atoms with Crippen molar-refractivity contribution in [3.8, 4) is 0 Å². The lowest BCUT2D eigenvalue weighted by molar-refractivity contribution is 0.199. The largest absolute Gasteiger partial charge is 0.445 e. The van der Waals surface area contributed by atoms with Crippen LogP contribution in [0.25, 0.3) is 0 Å². The summed E-state index contributed by atoms with van der Waals surface area (Å²) in [5.41, 5.74) is 0.273. The standard InChI is InChI=1S/C15H26N2O2/c1-3-15(7-4-5-8-15)13-12-17-14(19-13)6-9-16-10-11-18-2/h12,16H,3-11H2,1-2H3. The minimum absolute atomic E-state index is 0.273. The molecule has 1 aromatic rings. The van der Waals surface area contributed by atoms with E-state index in [1.165, 1.54) is 25.7 Å². The van der Waals surface area contributed by atoms with E-state index < -0.39 is 0 Å². The van der Waals surface area contributed by atoms with Gasteiger partial charge in [0.1, 0.15) is 5.76 Å². The third-order valence-electron chi connectivity index (χ3n) is 4.31. The van der Waals surface area contributed by atoms with Gasteiger partial charge in [0, 0.05) is 32.0 Å². The molecule has 0 amide bonds. The molecule has 1 heterocycles. The van der Waals surface area contributed by atoms with Crippen LogP contribution >= 0.6 is 0 Å². The maximum Gasteiger partial charge on any atom is 0.195 e. The van der Waals surface area contributed by atoms with Crippen LogP contribution in [0.2, 0.25) is 0 Å². The van der Waals surface area contributed by atoms with Crippen LogP contribution in [-0.4, -0.2) is 31.8 Å². The first-order chi connectivity index (χ1) is 9.30. The first kappa shape index (κ1) is 14.5. The maximum absolute atomic E-state index is 5.99. The Morgan fingerprint density at radius 1 is 1.37 bits per heavy atom. The second kappa shape index (κ2) is 7.06. The van der Waals surface area contributed by atoms with Crippen LogP contribution in [0.4, 0.5) is 0 Å². The number of ether oxygens (including phenoxy) is 1. The minimum Gasteiger partial charge on any atom is -0.445 e. The molecule has 4 heteroatoms. The van der Waals surface area contributed by atoms with Gasteiger partial charge in [0.05, 0.1) is 12.8 Å². The summed E-state index contributed by atoms with van der Waals surface area (Å²) in [5.74, 6) is 1.97. The van der Waals surface area contributed by atoms with Crippen LogP contribution in [0.1, 0.15) is 50.7 Å². The molecule has 0 bridgehead atoms. The molecule has 1 aliphatic carbocycles. The van der Waals surface area contributed by atoms with E-state index in [0.29, 0.717) is 0 Å². The molecule has 1 N–H and O–H groups in total. The Morgan fingerprint density at radius 3 is 2.84 bits per heavy atom. The van der Waals surface area contributed by atoms with E-state index >= 15 is 0 Å². The second-order valence-corrected chi connectivity index (χ2v) is 5.45. The zero-order valence-electron chi connectivity index (χ0n) is 12.2. The van der Waals surface area contributed by atoms with Crippen molar-refractivity contribution in [1.82, 2.24) is 10.3 Å².